The van der Waals surface area contributed by atoms with Gasteiger partial charge in [-0.2, -0.15) is 0 Å². The Labute approximate surface area is 181 Å². The number of allylic oxidation sites excluding steroid dienone is 5. The van der Waals surface area contributed by atoms with Crippen molar-refractivity contribution in [3.05, 3.63) is 100 Å². The second-order valence-corrected chi connectivity index (χ2v) is 7.72. The summed E-state index contributed by atoms with van der Waals surface area (Å²) in [5, 5.41) is 0.395. The molecule has 1 unspecified atom stereocenters. The van der Waals surface area contributed by atoms with Gasteiger partial charge in [-0.25, -0.2) is 0 Å². The molecule has 0 spiro atoms. The van der Waals surface area contributed by atoms with Crippen molar-refractivity contribution in [1.82, 2.24) is 0 Å². The molecule has 148 valence electrons. The van der Waals surface area contributed by atoms with E-state index < -0.39 is 11.1 Å². The van der Waals surface area contributed by atoms with Crippen LogP contribution in [0.2, 0.25) is 5.02 Å². The Hall–Kier alpha value is -2.44. The van der Waals surface area contributed by atoms with Crippen molar-refractivity contribution in [2.75, 3.05) is 6.61 Å². The summed E-state index contributed by atoms with van der Waals surface area (Å²) in [6.45, 7) is 3.90. The molecule has 2 aromatic rings. The number of ether oxygens (including phenoxy) is 1. The summed E-state index contributed by atoms with van der Waals surface area (Å²) in [6.07, 6.45) is 6.07. The van der Waals surface area contributed by atoms with E-state index in [4.69, 9.17) is 27.9 Å². The van der Waals surface area contributed by atoms with E-state index in [9.17, 15) is 13.6 Å². The van der Waals surface area contributed by atoms with E-state index in [0.717, 1.165) is 0 Å². The van der Waals surface area contributed by atoms with Crippen LogP contribution in [0.5, 0.6) is 5.75 Å². The quantitative estimate of drug-likeness (QED) is 0.452. The third-order valence-corrected chi connectivity index (χ3v) is 5.44. The van der Waals surface area contributed by atoms with Crippen LogP contribution in [0.3, 0.4) is 0 Å². The fourth-order valence-corrected chi connectivity index (χ4v) is 3.83. The first-order valence-electron chi connectivity index (χ1n) is 8.48. The highest BCUT2D eigenvalue weighted by atomic mass is 35.5. The maximum Gasteiger partial charge on any atom is 0.197 e. The van der Waals surface area contributed by atoms with Crippen LogP contribution < -0.4 is 4.74 Å². The van der Waals surface area contributed by atoms with Gasteiger partial charge in [0.25, 0.3) is 0 Å². The Bertz CT molecular complexity index is 1100. The largest absolute Gasteiger partial charge is 0.768 e. The van der Waals surface area contributed by atoms with Gasteiger partial charge in [-0.3, -0.25) is 9.00 Å². The van der Waals surface area contributed by atoms with Crippen LogP contribution >= 0.6 is 23.2 Å². The van der Waals surface area contributed by atoms with Crippen LogP contribution in [0.1, 0.15) is 11.1 Å². The molecule has 0 bridgehead atoms. The van der Waals surface area contributed by atoms with Gasteiger partial charge in [0.05, 0.1) is 10.1 Å². The average molecular weight is 446 g/mol. The minimum absolute atomic E-state index is 0.0396. The molecule has 0 saturated heterocycles. The molecule has 0 radical (unpaired) electrons. The molecule has 0 amide bonds. The summed E-state index contributed by atoms with van der Waals surface area (Å²) in [5.74, 6) is 0.157. The summed E-state index contributed by atoms with van der Waals surface area (Å²) in [4.78, 5) is 11.9. The van der Waals surface area contributed by atoms with Gasteiger partial charge in [0.1, 0.15) is 12.4 Å². The van der Waals surface area contributed by atoms with E-state index in [0.29, 0.717) is 39.7 Å². The molecule has 0 fully saturated rings. The van der Waals surface area contributed by atoms with Gasteiger partial charge in [-0.05, 0) is 63.7 Å². The van der Waals surface area contributed by atoms with Gasteiger partial charge in [0.2, 0.25) is 0 Å². The first-order valence-corrected chi connectivity index (χ1v) is 10.3. The predicted octanol–water partition coefficient (Wildman–Crippen LogP) is 5.21. The molecule has 1 aliphatic rings. The molecule has 0 aromatic heterocycles. The third-order valence-electron chi connectivity index (χ3n) is 4.13. The highest BCUT2D eigenvalue weighted by Gasteiger charge is 2.18. The van der Waals surface area contributed by atoms with E-state index in [1.165, 1.54) is 18.2 Å². The zero-order valence-corrected chi connectivity index (χ0v) is 17.4. The zero-order valence-electron chi connectivity index (χ0n) is 15.1. The van der Waals surface area contributed by atoms with Crippen molar-refractivity contribution < 1.29 is 18.3 Å². The van der Waals surface area contributed by atoms with Crippen molar-refractivity contribution in [3.63, 3.8) is 0 Å². The highest BCUT2D eigenvalue weighted by Crippen LogP contribution is 2.37. The lowest BCUT2D eigenvalue weighted by molar-refractivity contribution is -0.110. The second kappa shape index (κ2) is 9.37. The molecule has 0 N–H and O–H groups in total. The number of halogens is 2. The Morgan fingerprint density at radius 2 is 1.93 bits per heavy atom. The minimum Gasteiger partial charge on any atom is -0.768 e. The Morgan fingerprint density at radius 1 is 1.17 bits per heavy atom. The van der Waals surface area contributed by atoms with Crippen molar-refractivity contribution in [3.8, 4) is 5.75 Å². The van der Waals surface area contributed by atoms with E-state index in [1.807, 2.05) is 0 Å². The molecule has 2 aromatic carbocycles. The molecule has 0 aliphatic heterocycles. The number of hydrogen-bond acceptors (Lipinski definition) is 4. The van der Waals surface area contributed by atoms with Crippen LogP contribution in [0, 0.1) is 0 Å². The van der Waals surface area contributed by atoms with Crippen molar-refractivity contribution in [2.24, 2.45) is 0 Å². The van der Waals surface area contributed by atoms with Gasteiger partial charge in [0.15, 0.2) is 5.78 Å². The van der Waals surface area contributed by atoms with Crippen molar-refractivity contribution in [1.29, 1.82) is 0 Å². The third kappa shape index (κ3) is 4.77. The molecule has 4 nitrogen and oxygen atoms in total. The second-order valence-electron chi connectivity index (χ2n) is 6.00. The van der Waals surface area contributed by atoms with Crippen LogP contribution in [-0.2, 0) is 15.9 Å². The van der Waals surface area contributed by atoms with Gasteiger partial charge < -0.3 is 9.29 Å². The molecular weight excluding hydrogens is 431 g/mol. The maximum absolute atomic E-state index is 11.8. The minimum atomic E-state index is -2.47. The van der Waals surface area contributed by atoms with Crippen LogP contribution in [0.4, 0.5) is 0 Å². The van der Waals surface area contributed by atoms with Crippen molar-refractivity contribution in [2.45, 2.75) is 4.90 Å². The summed E-state index contributed by atoms with van der Waals surface area (Å²) in [6, 6.07) is 11.7. The first-order chi connectivity index (χ1) is 13.9. The zero-order chi connectivity index (χ0) is 21.0. The predicted molar refractivity (Wildman–Crippen MR) is 115 cm³/mol. The summed E-state index contributed by atoms with van der Waals surface area (Å²) >= 11 is 9.95. The monoisotopic (exact) mass is 445 g/mol. The lowest BCUT2D eigenvalue weighted by atomic mass is 9.90. The number of benzene rings is 2. The average Bonchev–Trinajstić information content (AvgIpc) is 2.70. The fourth-order valence-electron chi connectivity index (χ4n) is 2.87. The summed E-state index contributed by atoms with van der Waals surface area (Å²) < 4.78 is 29.1. The molecule has 7 heteroatoms. The van der Waals surface area contributed by atoms with Crippen LogP contribution in [0.25, 0.3) is 5.57 Å². The van der Waals surface area contributed by atoms with E-state index in [1.54, 1.807) is 48.6 Å². The van der Waals surface area contributed by atoms with Crippen LogP contribution in [-0.4, -0.2) is 21.2 Å². The van der Waals surface area contributed by atoms with E-state index in [-0.39, 0.29) is 15.7 Å². The lowest BCUT2D eigenvalue weighted by Crippen LogP contribution is -2.03. The normalized spacial score (nSPS) is 16.2. The molecule has 0 saturated carbocycles. The topological polar surface area (TPSA) is 66.4 Å². The number of carbonyl (C=O) groups is 1. The molecule has 29 heavy (non-hydrogen) atoms. The lowest BCUT2D eigenvalue weighted by Gasteiger charge is -2.19. The van der Waals surface area contributed by atoms with E-state index in [2.05, 4.69) is 6.58 Å². The molecule has 0 heterocycles. The van der Waals surface area contributed by atoms with Crippen LogP contribution in [0.15, 0.2) is 88.8 Å². The van der Waals surface area contributed by atoms with Gasteiger partial charge >= 0.3 is 0 Å². The molecule has 3 rings (SSSR count). The molecular formula is C22H15Cl2O4S-. The van der Waals surface area contributed by atoms with Gasteiger partial charge in [-0.15, -0.1) is 0 Å². The molecule has 1 atom stereocenters. The van der Waals surface area contributed by atoms with Crippen molar-refractivity contribution >= 4 is 45.6 Å². The SMILES string of the molecule is C=CCOc1ccc(/C(=C2\C=CC(=O)C(Cl)=C2)c2ccccc2S(=O)[O-])cc1Cl. The first kappa shape index (κ1) is 21.3. The highest BCUT2D eigenvalue weighted by molar-refractivity contribution is 7.79. The Balaban J connectivity index is 2.25. The summed E-state index contributed by atoms with van der Waals surface area (Å²) in [7, 11) is 0. The summed E-state index contributed by atoms with van der Waals surface area (Å²) in [5.41, 5.74) is 2.27. The fraction of sp³-hybridized carbons (Fsp3) is 0.0455. The Morgan fingerprint density at radius 3 is 2.59 bits per heavy atom. The maximum atomic E-state index is 11.8. The standard InChI is InChI=1S/C22H16Cl2O4S/c1-2-11-28-20-10-8-15(13-18(20)24)22(14-7-9-19(25)17(23)12-14)16-5-3-4-6-21(16)29(26)27/h2-10,12-13H,1,11H2,(H,26,27)/p-1/b22-14-. The molecule has 1 aliphatic carbocycles. The number of carbonyl (C=O) groups excluding carboxylic acids is 1. The number of rotatable bonds is 6. The Kier molecular flexibility index (Phi) is 6.87. The number of hydrogen-bond donors (Lipinski definition) is 0. The number of ketones is 1. The van der Waals surface area contributed by atoms with Gasteiger partial charge in [-0.1, -0.05) is 66.2 Å². The van der Waals surface area contributed by atoms with E-state index >= 15 is 0 Å². The van der Waals surface area contributed by atoms with Gasteiger partial charge in [0, 0.05) is 4.90 Å². The smallest absolute Gasteiger partial charge is 0.197 e.